The zero-order chi connectivity index (χ0) is 37.3. The van der Waals surface area contributed by atoms with E-state index in [0.29, 0.717) is 22.9 Å². The van der Waals surface area contributed by atoms with Crippen molar-refractivity contribution in [3.8, 4) is 23.0 Å². The van der Waals surface area contributed by atoms with Gasteiger partial charge in [-0.15, -0.1) is 0 Å². The van der Waals surface area contributed by atoms with Crippen LogP contribution in [0.2, 0.25) is 0 Å². The Morgan fingerprint density at radius 3 is 1.37 bits per heavy atom. The molecule has 0 aliphatic carbocycles. The zero-order valence-electron chi connectivity index (χ0n) is 29.5. The molecular formula is C38H42N4O9. The first-order valence-electron chi connectivity index (χ1n) is 16.2. The van der Waals surface area contributed by atoms with Crippen LogP contribution in [0.1, 0.15) is 63.8 Å². The van der Waals surface area contributed by atoms with Crippen LogP contribution in [0, 0.1) is 20.2 Å². The maximum atomic E-state index is 11.2. The Bertz CT molecular complexity index is 1800. The summed E-state index contributed by atoms with van der Waals surface area (Å²) in [5.41, 5.74) is 2.19. The van der Waals surface area contributed by atoms with Gasteiger partial charge in [-0.2, -0.15) is 0 Å². The lowest BCUT2D eigenvalue weighted by Gasteiger charge is -2.20. The van der Waals surface area contributed by atoms with Gasteiger partial charge in [0.05, 0.1) is 23.1 Å². The van der Waals surface area contributed by atoms with Gasteiger partial charge in [-0.05, 0) is 58.4 Å². The van der Waals surface area contributed by atoms with Gasteiger partial charge in [0.25, 0.3) is 0 Å². The molecule has 0 unspecified atom stereocenters. The highest BCUT2D eigenvalue weighted by atomic mass is 16.6. The number of aliphatic imine (C=N–C) groups is 2. The first kappa shape index (κ1) is 38.0. The van der Waals surface area contributed by atoms with Gasteiger partial charge in [-0.25, -0.2) is 0 Å². The van der Waals surface area contributed by atoms with Crippen LogP contribution in [-0.2, 0) is 15.6 Å². The van der Waals surface area contributed by atoms with Crippen LogP contribution in [-0.4, -0.2) is 58.9 Å². The van der Waals surface area contributed by atoms with E-state index in [0.717, 1.165) is 11.1 Å². The molecule has 0 spiro atoms. The van der Waals surface area contributed by atoms with Crippen molar-refractivity contribution in [2.24, 2.45) is 9.98 Å². The Kier molecular flexibility index (Phi) is 12.1. The topological polar surface area (TPSA) is 179 Å². The van der Waals surface area contributed by atoms with Crippen molar-refractivity contribution < 1.29 is 34.3 Å². The van der Waals surface area contributed by atoms with Crippen molar-refractivity contribution in [2.75, 3.05) is 26.4 Å². The molecular weight excluding hydrogens is 656 g/mol. The van der Waals surface area contributed by atoms with Crippen molar-refractivity contribution in [1.29, 1.82) is 0 Å². The number of nitrogens with zero attached hydrogens (tertiary/aromatic N) is 4. The molecule has 13 heteroatoms. The standard InChI is InChI=1S/C38H42N4O9/c1-37(2,3)27-13-15-33(29(21-27)39-23-25-9-7-11-31(35(25)43)41(45)46)50-19-17-49-18-20-51-34-16-14-28(38(4,5)6)22-30(34)40-24-26-10-8-12-32(36(26)44)42(47)48/h7-16,21-24,43-44H,17-20H2,1-6H3. The van der Waals surface area contributed by atoms with Crippen LogP contribution in [0.4, 0.5) is 22.7 Å². The van der Waals surface area contributed by atoms with E-state index in [9.17, 15) is 30.4 Å². The molecule has 0 atom stereocenters. The van der Waals surface area contributed by atoms with Gasteiger partial charge in [-0.1, -0.05) is 65.8 Å². The van der Waals surface area contributed by atoms with Crippen molar-refractivity contribution in [2.45, 2.75) is 52.4 Å². The number of hydrogen-bond donors (Lipinski definition) is 2. The fourth-order valence-corrected chi connectivity index (χ4v) is 4.82. The van der Waals surface area contributed by atoms with E-state index in [4.69, 9.17) is 14.2 Å². The third kappa shape index (κ3) is 10.1. The molecule has 4 aromatic carbocycles. The molecule has 4 aromatic rings. The van der Waals surface area contributed by atoms with Crippen LogP contribution in [0.25, 0.3) is 0 Å². The number of ether oxygens (including phenoxy) is 3. The molecule has 13 nitrogen and oxygen atoms in total. The minimum absolute atomic E-state index is 0.179. The first-order valence-corrected chi connectivity index (χ1v) is 16.2. The number of hydrogen-bond acceptors (Lipinski definition) is 11. The van der Waals surface area contributed by atoms with E-state index in [1.165, 1.54) is 48.8 Å². The number of nitro groups is 2. The highest BCUT2D eigenvalue weighted by molar-refractivity contribution is 5.88. The van der Waals surface area contributed by atoms with Crippen molar-refractivity contribution in [1.82, 2.24) is 0 Å². The second-order valence-corrected chi connectivity index (χ2v) is 13.6. The summed E-state index contributed by atoms with van der Waals surface area (Å²) in [4.78, 5) is 30.2. The van der Waals surface area contributed by atoms with Crippen LogP contribution >= 0.6 is 0 Å². The summed E-state index contributed by atoms with van der Waals surface area (Å²) in [5, 5.41) is 43.2. The second-order valence-electron chi connectivity index (χ2n) is 13.6. The maximum Gasteiger partial charge on any atom is 0.311 e. The minimum atomic E-state index is -0.655. The third-order valence-corrected chi connectivity index (χ3v) is 7.79. The molecule has 0 bridgehead atoms. The smallest absolute Gasteiger partial charge is 0.311 e. The first-order chi connectivity index (χ1) is 24.1. The largest absolute Gasteiger partial charge is 0.502 e. The van der Waals surface area contributed by atoms with Crippen LogP contribution in [0.15, 0.2) is 82.8 Å². The average Bonchev–Trinajstić information content (AvgIpc) is 3.06. The number of para-hydroxylation sites is 2. The van der Waals surface area contributed by atoms with E-state index in [1.807, 2.05) is 24.3 Å². The van der Waals surface area contributed by atoms with E-state index in [1.54, 1.807) is 12.1 Å². The monoisotopic (exact) mass is 698 g/mol. The molecule has 4 rings (SSSR count). The molecule has 0 heterocycles. The van der Waals surface area contributed by atoms with E-state index in [-0.39, 0.29) is 48.4 Å². The van der Waals surface area contributed by atoms with Crippen LogP contribution in [0.3, 0.4) is 0 Å². The summed E-state index contributed by atoms with van der Waals surface area (Å²) < 4.78 is 17.7. The molecule has 0 saturated heterocycles. The fourth-order valence-electron chi connectivity index (χ4n) is 4.82. The number of phenolic OH excluding ortho intramolecular Hbond substituents is 2. The summed E-state index contributed by atoms with van der Waals surface area (Å²) in [7, 11) is 0. The van der Waals surface area contributed by atoms with Crippen molar-refractivity contribution in [3.05, 3.63) is 115 Å². The van der Waals surface area contributed by atoms with Gasteiger partial charge in [0.15, 0.2) is 0 Å². The Hall–Kier alpha value is -5.82. The summed E-state index contributed by atoms with van der Waals surface area (Å²) in [6.07, 6.45) is 2.73. The predicted molar refractivity (Wildman–Crippen MR) is 196 cm³/mol. The summed E-state index contributed by atoms with van der Waals surface area (Å²) >= 11 is 0. The maximum absolute atomic E-state index is 11.2. The molecule has 0 amide bonds. The zero-order valence-corrected chi connectivity index (χ0v) is 29.5. The second kappa shape index (κ2) is 16.3. The SMILES string of the molecule is CC(C)(C)c1ccc(OCCOCCOc2ccc(C(C)(C)C)cc2N=Cc2cccc([N+](=O)[O-])c2O)c(N=Cc2cccc([N+](=O)[O-])c2O)c1. The minimum Gasteiger partial charge on any atom is -0.502 e. The molecule has 0 aromatic heterocycles. The lowest BCUT2D eigenvalue weighted by atomic mass is 9.87. The summed E-state index contributed by atoms with van der Waals surface area (Å²) in [5.74, 6) is 0.00445. The normalized spacial score (nSPS) is 12.0. The number of benzene rings is 4. The van der Waals surface area contributed by atoms with E-state index < -0.39 is 32.7 Å². The number of nitro benzene ring substituents is 2. The summed E-state index contributed by atoms with van der Waals surface area (Å²) in [6.45, 7) is 13.3. The van der Waals surface area contributed by atoms with Crippen molar-refractivity contribution in [3.63, 3.8) is 0 Å². The quantitative estimate of drug-likeness (QED) is 0.0565. The number of aromatic hydroxyl groups is 2. The average molecular weight is 699 g/mol. The molecule has 2 N–H and O–H groups in total. The summed E-state index contributed by atoms with van der Waals surface area (Å²) in [6, 6.07) is 19.7. The fraction of sp³-hybridized carbons (Fsp3) is 0.316. The van der Waals surface area contributed by atoms with Crippen molar-refractivity contribution >= 4 is 35.2 Å². The highest BCUT2D eigenvalue weighted by Gasteiger charge is 2.19. The Morgan fingerprint density at radius 1 is 0.627 bits per heavy atom. The molecule has 0 aliphatic rings. The van der Waals surface area contributed by atoms with Gasteiger partial charge in [0, 0.05) is 35.7 Å². The van der Waals surface area contributed by atoms with Gasteiger partial charge in [-0.3, -0.25) is 30.2 Å². The van der Waals surface area contributed by atoms with E-state index in [2.05, 4.69) is 51.5 Å². The lowest BCUT2D eigenvalue weighted by Crippen LogP contribution is -2.13. The molecule has 0 saturated carbocycles. The van der Waals surface area contributed by atoms with Gasteiger partial charge in [0.2, 0.25) is 11.5 Å². The Morgan fingerprint density at radius 2 is 1.02 bits per heavy atom. The van der Waals surface area contributed by atoms with Gasteiger partial charge >= 0.3 is 11.4 Å². The third-order valence-electron chi connectivity index (χ3n) is 7.79. The van der Waals surface area contributed by atoms with Gasteiger partial charge < -0.3 is 24.4 Å². The Balaban J connectivity index is 1.39. The highest BCUT2D eigenvalue weighted by Crippen LogP contribution is 2.36. The lowest BCUT2D eigenvalue weighted by molar-refractivity contribution is -0.386. The van der Waals surface area contributed by atoms with E-state index >= 15 is 0 Å². The molecule has 268 valence electrons. The van der Waals surface area contributed by atoms with Gasteiger partial charge in [0.1, 0.15) is 36.1 Å². The predicted octanol–water partition coefficient (Wildman–Crippen LogP) is 8.48. The Labute approximate surface area is 296 Å². The molecule has 0 aliphatic heterocycles. The number of rotatable bonds is 14. The molecule has 51 heavy (non-hydrogen) atoms. The van der Waals surface area contributed by atoms with Crippen LogP contribution in [0.5, 0.6) is 23.0 Å². The molecule has 0 radical (unpaired) electrons. The molecule has 0 fully saturated rings. The van der Waals surface area contributed by atoms with Crippen LogP contribution < -0.4 is 9.47 Å². The number of phenols is 2.